The Kier molecular flexibility index (Phi) is 4.36. The summed E-state index contributed by atoms with van der Waals surface area (Å²) in [5, 5.41) is 3.16. The number of nitrogens with zero attached hydrogens (tertiary/aromatic N) is 1. The molecule has 0 unspecified atom stereocenters. The molecule has 2 heterocycles. The quantitative estimate of drug-likeness (QED) is 0.908. The van der Waals surface area contributed by atoms with Crippen LogP contribution in [0.1, 0.15) is 41.4 Å². The van der Waals surface area contributed by atoms with E-state index in [2.05, 4.69) is 17.2 Å². The van der Waals surface area contributed by atoms with Gasteiger partial charge in [0.25, 0.3) is 5.91 Å². The molecular formula is C14H20N2OS2. The molecule has 0 spiro atoms. The minimum absolute atomic E-state index is 0.0238. The highest BCUT2D eigenvalue weighted by atomic mass is 32.8. The van der Waals surface area contributed by atoms with Gasteiger partial charge in [0.15, 0.2) is 0 Å². The van der Waals surface area contributed by atoms with E-state index in [-0.39, 0.29) is 20.9 Å². The summed E-state index contributed by atoms with van der Waals surface area (Å²) in [6.45, 7) is 6.04. The zero-order chi connectivity index (χ0) is 14.0. The van der Waals surface area contributed by atoms with Crippen LogP contribution < -0.4 is 5.32 Å². The standard InChI is InChI=1S/C14H20N2OS2/c1-10-8-12(9-15-11(10)2)13(17)16-14(3)4-6-19(18)7-5-14/h8-9H,4-7H2,1-3H3,(H,16,17). The van der Waals surface area contributed by atoms with Gasteiger partial charge in [0.1, 0.15) is 0 Å². The van der Waals surface area contributed by atoms with Gasteiger partial charge >= 0.3 is 0 Å². The van der Waals surface area contributed by atoms with Crippen LogP contribution in [0.15, 0.2) is 12.3 Å². The van der Waals surface area contributed by atoms with Gasteiger partial charge in [0.05, 0.1) is 5.56 Å². The molecule has 0 atom stereocenters. The maximum atomic E-state index is 12.3. The second kappa shape index (κ2) is 5.67. The van der Waals surface area contributed by atoms with Gasteiger partial charge in [-0.05, 0) is 45.2 Å². The van der Waals surface area contributed by atoms with Crippen molar-refractivity contribution in [3.05, 3.63) is 29.1 Å². The number of carbonyl (C=O) groups excluding carboxylic acids is 1. The third-order valence-corrected chi connectivity index (χ3v) is 6.10. The zero-order valence-electron chi connectivity index (χ0n) is 11.7. The molecule has 19 heavy (non-hydrogen) atoms. The topological polar surface area (TPSA) is 42.0 Å². The molecule has 1 aliphatic heterocycles. The number of aryl methyl sites for hydroxylation is 2. The molecule has 1 aromatic heterocycles. The SMILES string of the molecule is Cc1cc(C(=O)NC2(C)CCS(=S)CC2)cnc1C. The number of amides is 1. The van der Waals surface area contributed by atoms with E-state index in [1.165, 1.54) is 0 Å². The average molecular weight is 296 g/mol. The van der Waals surface area contributed by atoms with Crippen molar-refractivity contribution in [2.24, 2.45) is 0 Å². The van der Waals surface area contributed by atoms with Gasteiger partial charge in [-0.15, -0.1) is 9.45 Å². The monoisotopic (exact) mass is 296 g/mol. The number of aromatic nitrogens is 1. The van der Waals surface area contributed by atoms with Crippen molar-refractivity contribution >= 4 is 26.5 Å². The van der Waals surface area contributed by atoms with Crippen LogP contribution in [0.2, 0.25) is 0 Å². The molecule has 0 saturated carbocycles. The van der Waals surface area contributed by atoms with Crippen LogP contribution in [0.4, 0.5) is 0 Å². The van der Waals surface area contributed by atoms with Crippen LogP contribution in [-0.4, -0.2) is 27.9 Å². The van der Waals surface area contributed by atoms with Crippen LogP contribution >= 0.6 is 0 Å². The molecule has 3 nitrogen and oxygen atoms in total. The number of hydrogen-bond acceptors (Lipinski definition) is 3. The maximum Gasteiger partial charge on any atom is 0.253 e. The molecule has 2 rings (SSSR count). The molecule has 0 aromatic carbocycles. The highest BCUT2D eigenvalue weighted by molar-refractivity contribution is 8.28. The summed E-state index contributed by atoms with van der Waals surface area (Å²) < 4.78 is 0. The van der Waals surface area contributed by atoms with E-state index in [4.69, 9.17) is 11.2 Å². The van der Waals surface area contributed by atoms with Gasteiger partial charge in [-0.1, -0.05) is 11.2 Å². The third kappa shape index (κ3) is 3.60. The van der Waals surface area contributed by atoms with Gasteiger partial charge in [0, 0.05) is 28.9 Å². The summed E-state index contributed by atoms with van der Waals surface area (Å²) in [4.78, 5) is 16.5. The van der Waals surface area contributed by atoms with Gasteiger partial charge in [-0.25, -0.2) is 0 Å². The van der Waals surface area contributed by atoms with E-state index in [1.807, 2.05) is 19.9 Å². The van der Waals surface area contributed by atoms with Crippen molar-refractivity contribution in [2.45, 2.75) is 39.2 Å². The van der Waals surface area contributed by atoms with Crippen LogP contribution in [-0.2, 0) is 20.6 Å². The molecule has 104 valence electrons. The Hall–Kier alpha value is -0.810. The van der Waals surface area contributed by atoms with E-state index in [0.29, 0.717) is 5.56 Å². The first-order chi connectivity index (χ1) is 8.89. The first-order valence-electron chi connectivity index (χ1n) is 6.50. The molecule has 0 aliphatic carbocycles. The Morgan fingerprint density at radius 2 is 2.05 bits per heavy atom. The minimum atomic E-state index is -0.113. The van der Waals surface area contributed by atoms with Crippen LogP contribution in [0.25, 0.3) is 0 Å². The van der Waals surface area contributed by atoms with E-state index in [9.17, 15) is 4.79 Å². The Balaban J connectivity index is 2.08. The second-order valence-electron chi connectivity index (χ2n) is 5.49. The molecule has 1 N–H and O–H groups in total. The lowest BCUT2D eigenvalue weighted by atomic mass is 9.94. The predicted octanol–water partition coefficient (Wildman–Crippen LogP) is 2.06. The van der Waals surface area contributed by atoms with Crippen molar-refractivity contribution in [2.75, 3.05) is 11.5 Å². The van der Waals surface area contributed by atoms with Crippen molar-refractivity contribution in [3.63, 3.8) is 0 Å². The Morgan fingerprint density at radius 1 is 1.42 bits per heavy atom. The van der Waals surface area contributed by atoms with Crippen LogP contribution in [0.3, 0.4) is 0 Å². The second-order valence-corrected chi connectivity index (χ2v) is 8.60. The Bertz CT molecular complexity index is 518. The molecule has 1 aromatic rings. The third-order valence-electron chi connectivity index (χ3n) is 3.78. The summed E-state index contributed by atoms with van der Waals surface area (Å²) in [5.41, 5.74) is 2.55. The van der Waals surface area contributed by atoms with Gasteiger partial charge in [0.2, 0.25) is 0 Å². The van der Waals surface area contributed by atoms with Gasteiger partial charge in [-0.2, -0.15) is 0 Å². The molecule has 5 heteroatoms. The van der Waals surface area contributed by atoms with Crippen molar-refractivity contribution < 1.29 is 4.79 Å². The smallest absolute Gasteiger partial charge is 0.253 e. The van der Waals surface area contributed by atoms with Crippen molar-refractivity contribution in [3.8, 4) is 0 Å². The Labute approximate surface area is 121 Å². The van der Waals surface area contributed by atoms with Gasteiger partial charge < -0.3 is 5.32 Å². The molecule has 0 radical (unpaired) electrons. The highest BCUT2D eigenvalue weighted by Crippen LogP contribution is 2.22. The lowest BCUT2D eigenvalue weighted by Crippen LogP contribution is -2.50. The fourth-order valence-corrected chi connectivity index (χ4v) is 4.20. The van der Waals surface area contributed by atoms with Crippen molar-refractivity contribution in [1.29, 1.82) is 0 Å². The highest BCUT2D eigenvalue weighted by Gasteiger charge is 2.30. The predicted molar refractivity (Wildman–Crippen MR) is 83.3 cm³/mol. The number of pyridine rings is 1. The fourth-order valence-electron chi connectivity index (χ4n) is 2.14. The Morgan fingerprint density at radius 3 is 2.63 bits per heavy atom. The normalized spacial score (nSPS) is 27.0. The first kappa shape index (κ1) is 14.6. The van der Waals surface area contributed by atoms with Crippen molar-refractivity contribution in [1.82, 2.24) is 10.3 Å². The molecule has 1 amide bonds. The molecule has 1 fully saturated rings. The largest absolute Gasteiger partial charge is 0.347 e. The summed E-state index contributed by atoms with van der Waals surface area (Å²) in [5.74, 6) is 2.05. The first-order valence-corrected chi connectivity index (χ1v) is 8.99. The maximum absolute atomic E-state index is 12.3. The van der Waals surface area contributed by atoms with E-state index >= 15 is 0 Å². The molecule has 1 saturated heterocycles. The van der Waals surface area contributed by atoms with E-state index in [1.54, 1.807) is 6.20 Å². The number of carbonyl (C=O) groups is 1. The molecule has 0 bridgehead atoms. The average Bonchev–Trinajstić information content (AvgIpc) is 2.36. The van der Waals surface area contributed by atoms with Crippen LogP contribution in [0, 0.1) is 13.8 Å². The zero-order valence-corrected chi connectivity index (χ0v) is 13.3. The molecule has 1 aliphatic rings. The lowest BCUT2D eigenvalue weighted by molar-refractivity contribution is 0.0900. The van der Waals surface area contributed by atoms with Gasteiger partial charge in [-0.3, -0.25) is 9.78 Å². The fraction of sp³-hybridized carbons (Fsp3) is 0.571. The van der Waals surface area contributed by atoms with E-state index < -0.39 is 0 Å². The summed E-state index contributed by atoms with van der Waals surface area (Å²) >= 11 is 5.34. The lowest BCUT2D eigenvalue weighted by Gasteiger charge is -2.35. The summed E-state index contributed by atoms with van der Waals surface area (Å²) in [6, 6.07) is 1.90. The molecular weight excluding hydrogens is 276 g/mol. The van der Waals surface area contributed by atoms with Crippen LogP contribution in [0.5, 0.6) is 0 Å². The minimum Gasteiger partial charge on any atom is -0.347 e. The summed E-state index contributed by atoms with van der Waals surface area (Å²) in [7, 11) is 0.117. The van der Waals surface area contributed by atoms with E-state index in [0.717, 1.165) is 35.6 Å². The number of rotatable bonds is 2. The summed E-state index contributed by atoms with van der Waals surface area (Å²) in [6.07, 6.45) is 3.61. The number of hydrogen-bond donors (Lipinski definition) is 1. The number of nitrogens with one attached hydrogen (secondary N) is 1.